The van der Waals surface area contributed by atoms with Crippen LogP contribution >= 0.6 is 0 Å². The van der Waals surface area contributed by atoms with E-state index in [1.165, 1.54) is 12.1 Å². The standard InChI is InChI=1S/C20H22FN3O2/c1-3-13(2)22-19(25)14-5-8-18(9-6-14)23-20(26)24-11-15-4-7-17(21)10-16(15)12-24/h4-10,13H,3,11-12H2,1-2H3,(H,22,25)(H,23,26). The molecule has 26 heavy (non-hydrogen) atoms. The van der Waals surface area contributed by atoms with E-state index in [4.69, 9.17) is 0 Å². The number of benzene rings is 2. The summed E-state index contributed by atoms with van der Waals surface area (Å²) in [4.78, 5) is 26.1. The Morgan fingerprint density at radius 2 is 1.81 bits per heavy atom. The molecule has 3 rings (SSSR count). The molecule has 1 aliphatic heterocycles. The summed E-state index contributed by atoms with van der Waals surface area (Å²) in [7, 11) is 0. The van der Waals surface area contributed by atoms with Crippen molar-refractivity contribution in [2.45, 2.75) is 39.4 Å². The molecule has 2 aromatic rings. The molecule has 6 heteroatoms. The smallest absolute Gasteiger partial charge is 0.322 e. The van der Waals surface area contributed by atoms with E-state index in [1.807, 2.05) is 13.8 Å². The van der Waals surface area contributed by atoms with Gasteiger partial charge in [-0.25, -0.2) is 9.18 Å². The first kappa shape index (κ1) is 17.9. The van der Waals surface area contributed by atoms with Crippen molar-refractivity contribution in [2.24, 2.45) is 0 Å². The Kier molecular flexibility index (Phi) is 5.21. The van der Waals surface area contributed by atoms with Crippen LogP contribution in [0.5, 0.6) is 0 Å². The van der Waals surface area contributed by atoms with Crippen molar-refractivity contribution in [1.29, 1.82) is 0 Å². The number of nitrogens with one attached hydrogen (secondary N) is 2. The number of nitrogens with zero attached hydrogens (tertiary/aromatic N) is 1. The van der Waals surface area contributed by atoms with Gasteiger partial charge in [-0.05, 0) is 60.9 Å². The van der Waals surface area contributed by atoms with E-state index >= 15 is 0 Å². The Morgan fingerprint density at radius 3 is 2.50 bits per heavy atom. The van der Waals surface area contributed by atoms with Crippen molar-refractivity contribution in [3.05, 3.63) is 65.0 Å². The third-order valence-corrected chi connectivity index (χ3v) is 4.57. The van der Waals surface area contributed by atoms with Gasteiger partial charge < -0.3 is 15.5 Å². The average Bonchev–Trinajstić information content (AvgIpc) is 3.05. The average molecular weight is 355 g/mol. The molecule has 1 aliphatic rings. The van der Waals surface area contributed by atoms with Crippen molar-refractivity contribution in [3.8, 4) is 0 Å². The molecule has 136 valence electrons. The van der Waals surface area contributed by atoms with Crippen LogP contribution in [0.3, 0.4) is 0 Å². The molecule has 0 radical (unpaired) electrons. The van der Waals surface area contributed by atoms with Crippen molar-refractivity contribution in [3.63, 3.8) is 0 Å². The Morgan fingerprint density at radius 1 is 1.12 bits per heavy atom. The van der Waals surface area contributed by atoms with Gasteiger partial charge in [0.1, 0.15) is 5.82 Å². The van der Waals surface area contributed by atoms with Gasteiger partial charge in [0.25, 0.3) is 5.91 Å². The minimum Gasteiger partial charge on any atom is -0.350 e. The highest BCUT2D eigenvalue weighted by atomic mass is 19.1. The molecule has 5 nitrogen and oxygen atoms in total. The predicted octanol–water partition coefficient (Wildman–Crippen LogP) is 3.90. The van der Waals surface area contributed by atoms with Crippen LogP contribution in [0.15, 0.2) is 42.5 Å². The monoisotopic (exact) mass is 355 g/mol. The lowest BCUT2D eigenvalue weighted by atomic mass is 10.1. The van der Waals surface area contributed by atoms with Gasteiger partial charge in [0.15, 0.2) is 0 Å². The Hall–Kier alpha value is -2.89. The first-order valence-corrected chi connectivity index (χ1v) is 8.70. The second-order valence-electron chi connectivity index (χ2n) is 6.56. The first-order valence-electron chi connectivity index (χ1n) is 8.70. The maximum atomic E-state index is 13.3. The number of carbonyl (C=O) groups excluding carboxylic acids is 2. The molecule has 0 spiro atoms. The number of fused-ring (bicyclic) bond motifs is 1. The molecule has 0 saturated carbocycles. The highest BCUT2D eigenvalue weighted by Gasteiger charge is 2.23. The van der Waals surface area contributed by atoms with E-state index in [-0.39, 0.29) is 23.8 Å². The quantitative estimate of drug-likeness (QED) is 0.874. The summed E-state index contributed by atoms with van der Waals surface area (Å²) < 4.78 is 13.3. The van der Waals surface area contributed by atoms with Crippen LogP contribution in [-0.4, -0.2) is 22.9 Å². The van der Waals surface area contributed by atoms with Gasteiger partial charge in [0, 0.05) is 30.4 Å². The van der Waals surface area contributed by atoms with E-state index in [2.05, 4.69) is 10.6 Å². The number of amides is 3. The molecule has 0 bridgehead atoms. The van der Waals surface area contributed by atoms with E-state index < -0.39 is 0 Å². The number of hydrogen-bond acceptors (Lipinski definition) is 2. The molecule has 0 aliphatic carbocycles. The first-order chi connectivity index (χ1) is 12.5. The second kappa shape index (κ2) is 7.56. The zero-order valence-electron chi connectivity index (χ0n) is 14.9. The highest BCUT2D eigenvalue weighted by Crippen LogP contribution is 2.24. The predicted molar refractivity (Wildman–Crippen MR) is 98.3 cm³/mol. The van der Waals surface area contributed by atoms with Gasteiger partial charge in [-0.1, -0.05) is 13.0 Å². The zero-order valence-corrected chi connectivity index (χ0v) is 14.9. The van der Waals surface area contributed by atoms with Crippen molar-refractivity contribution >= 4 is 17.6 Å². The number of rotatable bonds is 4. The molecular weight excluding hydrogens is 333 g/mol. The zero-order chi connectivity index (χ0) is 18.7. The normalized spacial score (nSPS) is 13.9. The van der Waals surface area contributed by atoms with Crippen LogP contribution in [0, 0.1) is 5.82 Å². The summed E-state index contributed by atoms with van der Waals surface area (Å²) in [6, 6.07) is 11.2. The Balaban J connectivity index is 1.59. The summed E-state index contributed by atoms with van der Waals surface area (Å²) in [6.45, 7) is 4.80. The molecule has 1 heterocycles. The highest BCUT2D eigenvalue weighted by molar-refractivity contribution is 5.95. The number of hydrogen-bond donors (Lipinski definition) is 2. The molecule has 2 aromatic carbocycles. The van der Waals surface area contributed by atoms with E-state index in [0.717, 1.165) is 17.5 Å². The fraction of sp³-hybridized carbons (Fsp3) is 0.300. The van der Waals surface area contributed by atoms with Gasteiger partial charge in [0.2, 0.25) is 0 Å². The summed E-state index contributed by atoms with van der Waals surface area (Å²) in [5, 5.41) is 5.71. The maximum Gasteiger partial charge on any atom is 0.322 e. The van der Waals surface area contributed by atoms with Crippen molar-refractivity contribution in [2.75, 3.05) is 5.32 Å². The number of halogens is 1. The van der Waals surface area contributed by atoms with E-state index in [1.54, 1.807) is 35.2 Å². The summed E-state index contributed by atoms with van der Waals surface area (Å²) >= 11 is 0. The number of carbonyl (C=O) groups is 2. The minimum atomic E-state index is -0.294. The van der Waals surface area contributed by atoms with Crippen LogP contribution in [0.4, 0.5) is 14.9 Å². The van der Waals surface area contributed by atoms with Gasteiger partial charge in [-0.2, -0.15) is 0 Å². The molecule has 1 atom stereocenters. The molecule has 3 amide bonds. The maximum absolute atomic E-state index is 13.3. The van der Waals surface area contributed by atoms with E-state index in [0.29, 0.717) is 24.3 Å². The Labute approximate surface area is 152 Å². The van der Waals surface area contributed by atoms with E-state index in [9.17, 15) is 14.0 Å². The Bertz CT molecular complexity index is 820. The molecule has 0 aromatic heterocycles. The molecule has 2 N–H and O–H groups in total. The molecule has 1 unspecified atom stereocenters. The fourth-order valence-corrected chi connectivity index (χ4v) is 2.82. The summed E-state index contributed by atoms with van der Waals surface area (Å²) in [5.74, 6) is -0.425. The lowest BCUT2D eigenvalue weighted by Gasteiger charge is -2.16. The summed E-state index contributed by atoms with van der Waals surface area (Å²) in [5.41, 5.74) is 2.94. The fourth-order valence-electron chi connectivity index (χ4n) is 2.82. The van der Waals surface area contributed by atoms with Gasteiger partial charge in [-0.15, -0.1) is 0 Å². The lowest BCUT2D eigenvalue weighted by Crippen LogP contribution is -2.32. The van der Waals surface area contributed by atoms with Crippen LogP contribution < -0.4 is 10.6 Å². The lowest BCUT2D eigenvalue weighted by molar-refractivity contribution is 0.0939. The van der Waals surface area contributed by atoms with Gasteiger partial charge >= 0.3 is 6.03 Å². The SMILES string of the molecule is CCC(C)NC(=O)c1ccc(NC(=O)N2Cc3ccc(F)cc3C2)cc1. The number of urea groups is 1. The van der Waals surface area contributed by atoms with Crippen LogP contribution in [0.1, 0.15) is 41.8 Å². The van der Waals surface area contributed by atoms with Crippen LogP contribution in [0.25, 0.3) is 0 Å². The molecule has 0 saturated heterocycles. The largest absolute Gasteiger partial charge is 0.350 e. The summed E-state index contributed by atoms with van der Waals surface area (Å²) in [6.07, 6.45) is 0.863. The van der Waals surface area contributed by atoms with Crippen LogP contribution in [0.2, 0.25) is 0 Å². The third-order valence-electron chi connectivity index (χ3n) is 4.57. The number of anilines is 1. The molecule has 0 fully saturated rings. The second-order valence-corrected chi connectivity index (χ2v) is 6.56. The van der Waals surface area contributed by atoms with Crippen molar-refractivity contribution < 1.29 is 14.0 Å². The van der Waals surface area contributed by atoms with Gasteiger partial charge in [-0.3, -0.25) is 4.79 Å². The van der Waals surface area contributed by atoms with Gasteiger partial charge in [0.05, 0.1) is 0 Å². The van der Waals surface area contributed by atoms with Crippen LogP contribution in [-0.2, 0) is 13.1 Å². The molecular formula is C20H22FN3O2. The minimum absolute atomic E-state index is 0.114. The topological polar surface area (TPSA) is 61.4 Å². The third kappa shape index (κ3) is 4.02. The van der Waals surface area contributed by atoms with Crippen molar-refractivity contribution in [1.82, 2.24) is 10.2 Å².